The fourth-order valence-electron chi connectivity index (χ4n) is 7.36. The molecule has 16 N–H and O–H groups in total. The highest BCUT2D eigenvalue weighted by molar-refractivity contribution is 8.00. The number of ether oxygens (including phenoxy) is 6. The molecule has 4 heterocycles. The number of aliphatic hydroxyl groups is 14. The zero-order valence-electron chi connectivity index (χ0n) is 34.0. The first-order valence-corrected chi connectivity index (χ1v) is 22.0. The topological polar surface area (TPSA) is 397 Å². The van der Waals surface area contributed by atoms with E-state index in [9.17, 15) is 81.1 Å². The van der Waals surface area contributed by atoms with Gasteiger partial charge in [0.25, 0.3) is 0 Å². The maximum atomic E-state index is 12.7. The van der Waals surface area contributed by atoms with E-state index in [4.69, 9.17) is 28.4 Å². The van der Waals surface area contributed by atoms with Crippen LogP contribution in [0.4, 0.5) is 11.4 Å². The minimum Gasteiger partial charge on any atom is -0.394 e. The van der Waals surface area contributed by atoms with Gasteiger partial charge in [-0.05, 0) is 48.5 Å². The normalized spacial score (nSPS) is 40.0. The Balaban J connectivity index is 0.948. The standard InChI is InChI=1S/C39H54N2O22S2/c42-10-18-24(48)26(50)30(54)36(58-18)62-34-20(12-44)60-38(32(56)28(34)52)64-16-5-1-14(2-6-16)40-22(46)9-23(47)41-15-3-7-17(8-4-15)65-39-33(57)29(53)35(21(13-45)61-39)63-37-31(55)27(51)25(49)19(11-43)59-37/h1-8,18-21,24-39,42-45,48-57H,9-13H2,(H,40,46)(H,41,47)/t18-,19-,20-,21-,24-,25-,26+,27+,28-,29-,30-,31-,32-,33-,34-,35-,36+,37+,38+,39+/m1/s1. The Bertz CT molecular complexity index is 1710. The highest BCUT2D eigenvalue weighted by Crippen LogP contribution is 2.38. The summed E-state index contributed by atoms with van der Waals surface area (Å²) in [6.07, 6.45) is -29.0. The number of aliphatic hydroxyl groups excluding tert-OH is 14. The van der Waals surface area contributed by atoms with Crippen LogP contribution in [-0.2, 0) is 38.0 Å². The van der Waals surface area contributed by atoms with Crippen molar-refractivity contribution in [1.29, 1.82) is 0 Å². The van der Waals surface area contributed by atoms with Gasteiger partial charge in [0, 0.05) is 21.2 Å². The van der Waals surface area contributed by atoms with Crippen LogP contribution < -0.4 is 10.6 Å². The molecule has 2 aromatic carbocycles. The summed E-state index contributed by atoms with van der Waals surface area (Å²) >= 11 is 1.93. The summed E-state index contributed by atoms with van der Waals surface area (Å²) in [5.74, 6) is -1.32. The summed E-state index contributed by atoms with van der Waals surface area (Å²) in [7, 11) is 0. The summed E-state index contributed by atoms with van der Waals surface area (Å²) in [5.41, 5.74) is -1.66. The van der Waals surface area contributed by atoms with E-state index in [1.807, 2.05) is 0 Å². The van der Waals surface area contributed by atoms with Gasteiger partial charge in [-0.3, -0.25) is 9.59 Å². The van der Waals surface area contributed by atoms with Gasteiger partial charge in [-0.2, -0.15) is 0 Å². The lowest BCUT2D eigenvalue weighted by atomic mass is 9.97. The molecule has 4 saturated heterocycles. The van der Waals surface area contributed by atoms with Gasteiger partial charge in [0.05, 0.1) is 26.4 Å². The van der Waals surface area contributed by atoms with E-state index in [0.29, 0.717) is 21.2 Å². The third kappa shape index (κ3) is 12.1. The van der Waals surface area contributed by atoms with Gasteiger partial charge in [0.2, 0.25) is 11.8 Å². The lowest BCUT2D eigenvalue weighted by Gasteiger charge is -2.46. The van der Waals surface area contributed by atoms with Crippen molar-refractivity contribution in [3.05, 3.63) is 48.5 Å². The summed E-state index contributed by atoms with van der Waals surface area (Å²) in [6, 6.07) is 12.3. The molecule has 0 spiro atoms. The third-order valence-corrected chi connectivity index (χ3v) is 13.4. The molecule has 0 aliphatic carbocycles. The zero-order valence-corrected chi connectivity index (χ0v) is 35.7. The Kier molecular flexibility index (Phi) is 18.3. The number of anilines is 2. The Morgan fingerprint density at radius 1 is 0.446 bits per heavy atom. The van der Waals surface area contributed by atoms with E-state index in [-0.39, 0.29) is 0 Å². The maximum absolute atomic E-state index is 12.7. The number of thioether (sulfide) groups is 2. The molecule has 4 aliphatic heterocycles. The molecule has 0 aromatic heterocycles. The molecule has 24 nitrogen and oxygen atoms in total. The molecule has 2 amide bonds. The number of carbonyl (C=O) groups is 2. The van der Waals surface area contributed by atoms with Crippen LogP contribution >= 0.6 is 23.5 Å². The van der Waals surface area contributed by atoms with E-state index in [1.54, 1.807) is 24.3 Å². The van der Waals surface area contributed by atoms with Crippen LogP contribution in [0.2, 0.25) is 0 Å². The lowest BCUT2D eigenvalue weighted by molar-refractivity contribution is -0.338. The fraction of sp³-hybridized carbons (Fsp3) is 0.641. The number of benzene rings is 2. The van der Waals surface area contributed by atoms with Crippen LogP contribution in [0, 0.1) is 0 Å². The largest absolute Gasteiger partial charge is 0.394 e. The highest BCUT2D eigenvalue weighted by atomic mass is 32.2. The first-order valence-electron chi connectivity index (χ1n) is 20.3. The van der Waals surface area contributed by atoms with E-state index in [2.05, 4.69) is 10.6 Å². The van der Waals surface area contributed by atoms with Crippen LogP contribution in [-0.4, -0.2) is 231 Å². The molecule has 6 rings (SSSR count). The van der Waals surface area contributed by atoms with Gasteiger partial charge in [0.1, 0.15) is 115 Å². The minimum atomic E-state index is -1.80. The zero-order chi connectivity index (χ0) is 47.3. The number of hydrogen-bond acceptors (Lipinski definition) is 24. The first-order chi connectivity index (χ1) is 31.0. The van der Waals surface area contributed by atoms with Crippen LogP contribution in [0.15, 0.2) is 58.3 Å². The maximum Gasteiger partial charge on any atom is 0.233 e. The number of carbonyl (C=O) groups excluding carboxylic acids is 2. The van der Waals surface area contributed by atoms with Crippen molar-refractivity contribution in [3.8, 4) is 0 Å². The Morgan fingerprint density at radius 2 is 0.785 bits per heavy atom. The summed E-state index contributed by atoms with van der Waals surface area (Å²) in [4.78, 5) is 26.4. The van der Waals surface area contributed by atoms with Crippen molar-refractivity contribution < 1.29 is 110 Å². The van der Waals surface area contributed by atoms with Gasteiger partial charge in [0.15, 0.2) is 12.6 Å². The molecule has 0 saturated carbocycles. The molecule has 364 valence electrons. The molecule has 0 bridgehead atoms. The van der Waals surface area contributed by atoms with Crippen molar-refractivity contribution in [2.45, 2.75) is 137 Å². The average molecular weight is 967 g/mol. The molecule has 4 aliphatic rings. The lowest BCUT2D eigenvalue weighted by Crippen LogP contribution is -2.64. The molecule has 65 heavy (non-hydrogen) atoms. The molecule has 2 aromatic rings. The molecule has 20 atom stereocenters. The Labute approximate surface area is 378 Å². The minimum absolute atomic E-state index is 0.312. The summed E-state index contributed by atoms with van der Waals surface area (Å²) in [6.45, 7) is -2.86. The van der Waals surface area contributed by atoms with E-state index < -0.39 is 166 Å². The number of rotatable bonds is 16. The SMILES string of the molecule is O=C(CC(=O)Nc1ccc(S[C@@H]2O[C@H](CO)[C@@H](O[C@@H]3O[C@H](CO)[C@@H](O)[C@H](O)[C@H]3O)[C@H](O)[C@H]2O)cc1)Nc1ccc(S[C@@H]2O[C@H](CO)[C@@H](O[C@@H]3O[C@H](CO)[C@@H](O)[C@H](O)[C@H]3O)[C@H](O)[C@H]2O)cc1. The highest BCUT2D eigenvalue weighted by Gasteiger charge is 2.52. The smallest absolute Gasteiger partial charge is 0.233 e. The summed E-state index contributed by atoms with van der Waals surface area (Å²) < 4.78 is 33.4. The second-order valence-corrected chi connectivity index (χ2v) is 17.9. The number of amides is 2. The van der Waals surface area contributed by atoms with Crippen molar-refractivity contribution in [1.82, 2.24) is 0 Å². The van der Waals surface area contributed by atoms with Crippen molar-refractivity contribution in [2.24, 2.45) is 0 Å². The second-order valence-electron chi connectivity index (χ2n) is 15.6. The van der Waals surface area contributed by atoms with Crippen LogP contribution in [0.5, 0.6) is 0 Å². The predicted molar refractivity (Wildman–Crippen MR) is 219 cm³/mol. The van der Waals surface area contributed by atoms with Gasteiger partial charge in [-0.25, -0.2) is 0 Å². The monoisotopic (exact) mass is 966 g/mol. The quantitative estimate of drug-likeness (QED) is 0.0697. The molecular weight excluding hydrogens is 913 g/mol. The Morgan fingerprint density at radius 3 is 1.11 bits per heavy atom. The number of nitrogens with one attached hydrogen (secondary N) is 2. The predicted octanol–water partition coefficient (Wildman–Crippen LogP) is -5.91. The Hall–Kier alpha value is -2.72. The van der Waals surface area contributed by atoms with Gasteiger partial charge in [-0.15, -0.1) is 0 Å². The third-order valence-electron chi connectivity index (χ3n) is 11.0. The van der Waals surface area contributed by atoms with E-state index >= 15 is 0 Å². The summed E-state index contributed by atoms with van der Waals surface area (Å²) in [5, 5.41) is 149. The van der Waals surface area contributed by atoms with Crippen molar-refractivity contribution >= 4 is 46.7 Å². The van der Waals surface area contributed by atoms with Crippen LogP contribution in [0.25, 0.3) is 0 Å². The van der Waals surface area contributed by atoms with E-state index in [0.717, 1.165) is 23.5 Å². The van der Waals surface area contributed by atoms with Gasteiger partial charge in [-0.1, -0.05) is 23.5 Å². The van der Waals surface area contributed by atoms with E-state index in [1.165, 1.54) is 24.3 Å². The molecule has 0 unspecified atom stereocenters. The van der Waals surface area contributed by atoms with Crippen LogP contribution in [0.1, 0.15) is 6.42 Å². The first kappa shape index (κ1) is 51.7. The number of hydrogen-bond donors (Lipinski definition) is 16. The second kappa shape index (κ2) is 23.1. The molecule has 0 radical (unpaired) electrons. The average Bonchev–Trinajstić information content (AvgIpc) is 3.29. The van der Waals surface area contributed by atoms with Crippen molar-refractivity contribution in [3.63, 3.8) is 0 Å². The molecular formula is C39H54N2O22S2. The van der Waals surface area contributed by atoms with Gasteiger partial charge >= 0.3 is 0 Å². The molecule has 26 heteroatoms. The van der Waals surface area contributed by atoms with Crippen molar-refractivity contribution in [2.75, 3.05) is 37.1 Å². The fourth-order valence-corrected chi connectivity index (χ4v) is 9.48. The molecule has 4 fully saturated rings. The van der Waals surface area contributed by atoms with Crippen LogP contribution in [0.3, 0.4) is 0 Å². The van der Waals surface area contributed by atoms with Gasteiger partial charge < -0.3 is 111 Å².